The maximum absolute atomic E-state index is 8.77. The fraction of sp³-hybridized carbons (Fsp3) is 0.154. The number of ether oxygens (including phenoxy) is 1. The number of benzene rings is 1. The van der Waals surface area contributed by atoms with E-state index in [0.717, 1.165) is 11.3 Å². The van der Waals surface area contributed by atoms with Crippen molar-refractivity contribution in [3.8, 4) is 5.75 Å². The molecule has 0 saturated heterocycles. The van der Waals surface area contributed by atoms with E-state index in [-0.39, 0.29) is 5.84 Å². The van der Waals surface area contributed by atoms with Crippen LogP contribution in [0.1, 0.15) is 11.1 Å². The van der Waals surface area contributed by atoms with E-state index in [1.807, 2.05) is 29.0 Å². The second kappa shape index (κ2) is 6.10. The molecule has 5 nitrogen and oxygen atoms in total. The lowest BCUT2D eigenvalue weighted by molar-refractivity contribution is 0.318. The third-order valence-electron chi connectivity index (χ3n) is 2.67. The summed E-state index contributed by atoms with van der Waals surface area (Å²) in [6, 6.07) is 7.59. The Labute approximate surface area is 115 Å². The maximum atomic E-state index is 8.77. The fourth-order valence-electron chi connectivity index (χ4n) is 1.69. The van der Waals surface area contributed by atoms with Crippen LogP contribution in [0.5, 0.6) is 5.75 Å². The van der Waals surface area contributed by atoms with Gasteiger partial charge in [-0.2, -0.15) is 11.3 Å². The van der Waals surface area contributed by atoms with Crippen LogP contribution in [0.15, 0.2) is 40.2 Å². The minimum atomic E-state index is 0.0363. The van der Waals surface area contributed by atoms with Crippen LogP contribution in [-0.4, -0.2) is 18.2 Å². The van der Waals surface area contributed by atoms with Gasteiger partial charge in [0.25, 0.3) is 0 Å². The third-order valence-corrected chi connectivity index (χ3v) is 3.35. The summed E-state index contributed by atoms with van der Waals surface area (Å²) in [5, 5.41) is 19.1. The molecule has 0 aliphatic heterocycles. The summed E-state index contributed by atoms with van der Waals surface area (Å²) >= 11 is 1.64. The Morgan fingerprint density at radius 3 is 2.95 bits per heavy atom. The SMILES string of the molecule is COc1ccc(CNc2ccsc2)cc1C(N)=NO. The molecule has 6 heteroatoms. The first-order valence-corrected chi connectivity index (χ1v) is 6.59. The largest absolute Gasteiger partial charge is 0.496 e. The van der Waals surface area contributed by atoms with Crippen LogP contribution in [0, 0.1) is 0 Å². The number of rotatable bonds is 5. The molecular weight excluding hydrogens is 262 g/mol. The lowest BCUT2D eigenvalue weighted by Gasteiger charge is -2.10. The van der Waals surface area contributed by atoms with E-state index in [4.69, 9.17) is 15.7 Å². The lowest BCUT2D eigenvalue weighted by atomic mass is 10.1. The Hall–Kier alpha value is -2.21. The zero-order valence-electron chi connectivity index (χ0n) is 10.5. The number of nitrogens with two attached hydrogens (primary N) is 1. The number of methoxy groups -OCH3 is 1. The molecule has 0 fully saturated rings. The van der Waals surface area contributed by atoms with Crippen molar-refractivity contribution in [2.75, 3.05) is 12.4 Å². The van der Waals surface area contributed by atoms with Crippen LogP contribution < -0.4 is 15.8 Å². The lowest BCUT2D eigenvalue weighted by Crippen LogP contribution is -2.15. The number of nitrogens with one attached hydrogen (secondary N) is 1. The standard InChI is InChI=1S/C13H15N3O2S/c1-18-12-3-2-9(6-11(12)13(14)16-17)7-15-10-4-5-19-8-10/h2-6,8,15,17H,7H2,1H3,(H2,14,16). The zero-order chi connectivity index (χ0) is 13.7. The van der Waals surface area contributed by atoms with Gasteiger partial charge < -0.3 is 21.0 Å². The summed E-state index contributed by atoms with van der Waals surface area (Å²) < 4.78 is 5.18. The third kappa shape index (κ3) is 3.17. The van der Waals surface area contributed by atoms with E-state index in [1.54, 1.807) is 24.5 Å². The average Bonchev–Trinajstić information content (AvgIpc) is 2.97. The maximum Gasteiger partial charge on any atom is 0.173 e. The summed E-state index contributed by atoms with van der Waals surface area (Å²) in [7, 11) is 1.55. The molecule has 0 amide bonds. The number of thiophene rings is 1. The monoisotopic (exact) mass is 277 g/mol. The second-order valence-electron chi connectivity index (χ2n) is 3.89. The molecule has 1 heterocycles. The van der Waals surface area contributed by atoms with Crippen molar-refractivity contribution in [3.63, 3.8) is 0 Å². The van der Waals surface area contributed by atoms with Crippen molar-refractivity contribution in [1.29, 1.82) is 0 Å². The smallest absolute Gasteiger partial charge is 0.173 e. The van der Waals surface area contributed by atoms with Crippen molar-refractivity contribution in [2.24, 2.45) is 10.9 Å². The minimum absolute atomic E-state index is 0.0363. The first-order chi connectivity index (χ1) is 9.24. The van der Waals surface area contributed by atoms with Gasteiger partial charge in [-0.3, -0.25) is 0 Å². The number of anilines is 1. The van der Waals surface area contributed by atoms with Crippen LogP contribution in [0.3, 0.4) is 0 Å². The van der Waals surface area contributed by atoms with Gasteiger partial charge in [0.15, 0.2) is 5.84 Å². The van der Waals surface area contributed by atoms with Crippen LogP contribution in [0.2, 0.25) is 0 Å². The van der Waals surface area contributed by atoms with Crippen LogP contribution in [-0.2, 0) is 6.54 Å². The predicted molar refractivity (Wildman–Crippen MR) is 77.2 cm³/mol. The van der Waals surface area contributed by atoms with Crippen LogP contribution in [0.4, 0.5) is 5.69 Å². The summed E-state index contributed by atoms with van der Waals surface area (Å²) in [5.41, 5.74) is 8.31. The van der Waals surface area contributed by atoms with Crippen molar-refractivity contribution in [2.45, 2.75) is 6.54 Å². The van der Waals surface area contributed by atoms with Gasteiger partial charge in [0.1, 0.15) is 5.75 Å². The molecule has 0 aliphatic rings. The first kappa shape index (κ1) is 13.2. The van der Waals surface area contributed by atoms with Crippen LogP contribution in [0.25, 0.3) is 0 Å². The highest BCUT2D eigenvalue weighted by molar-refractivity contribution is 7.08. The fourth-order valence-corrected chi connectivity index (χ4v) is 2.30. The molecule has 0 aliphatic carbocycles. The highest BCUT2D eigenvalue weighted by Gasteiger charge is 2.08. The normalized spacial score (nSPS) is 11.3. The van der Waals surface area contributed by atoms with Crippen molar-refractivity contribution >= 4 is 22.9 Å². The van der Waals surface area contributed by atoms with E-state index in [1.165, 1.54) is 0 Å². The number of oxime groups is 1. The number of amidine groups is 1. The van der Waals surface area contributed by atoms with Gasteiger partial charge in [-0.1, -0.05) is 11.2 Å². The molecular formula is C13H15N3O2S. The summed E-state index contributed by atoms with van der Waals surface area (Å²) in [6.07, 6.45) is 0. The van der Waals surface area contributed by atoms with E-state index in [2.05, 4.69) is 10.5 Å². The van der Waals surface area contributed by atoms with E-state index in [9.17, 15) is 0 Å². The van der Waals surface area contributed by atoms with E-state index < -0.39 is 0 Å². The zero-order valence-corrected chi connectivity index (χ0v) is 11.3. The number of hydrogen-bond acceptors (Lipinski definition) is 5. The summed E-state index contributed by atoms with van der Waals surface area (Å²) in [5.74, 6) is 0.615. The molecule has 0 spiro atoms. The molecule has 0 radical (unpaired) electrons. The number of nitrogens with zero attached hydrogens (tertiary/aromatic N) is 1. The van der Waals surface area contributed by atoms with Gasteiger partial charge in [-0.15, -0.1) is 0 Å². The Balaban J connectivity index is 2.18. The molecule has 0 bridgehead atoms. The molecule has 0 saturated carbocycles. The van der Waals surface area contributed by atoms with Crippen molar-refractivity contribution in [3.05, 3.63) is 46.2 Å². The highest BCUT2D eigenvalue weighted by Crippen LogP contribution is 2.21. The summed E-state index contributed by atoms with van der Waals surface area (Å²) in [6.45, 7) is 0.659. The Morgan fingerprint density at radius 1 is 1.47 bits per heavy atom. The van der Waals surface area contributed by atoms with Crippen LogP contribution >= 0.6 is 11.3 Å². The molecule has 19 heavy (non-hydrogen) atoms. The number of hydrogen-bond donors (Lipinski definition) is 3. The average molecular weight is 277 g/mol. The van der Waals surface area contributed by atoms with Crippen molar-refractivity contribution < 1.29 is 9.94 Å². The van der Waals surface area contributed by atoms with Crippen molar-refractivity contribution in [1.82, 2.24) is 0 Å². The Morgan fingerprint density at radius 2 is 2.32 bits per heavy atom. The van der Waals surface area contributed by atoms with Gasteiger partial charge >= 0.3 is 0 Å². The second-order valence-corrected chi connectivity index (χ2v) is 4.67. The van der Waals surface area contributed by atoms with Gasteiger partial charge in [-0.25, -0.2) is 0 Å². The van der Waals surface area contributed by atoms with Gasteiger partial charge in [0.2, 0.25) is 0 Å². The molecule has 100 valence electrons. The Bertz CT molecular complexity index is 567. The summed E-state index contributed by atoms with van der Waals surface area (Å²) in [4.78, 5) is 0. The molecule has 1 aromatic heterocycles. The van der Waals surface area contributed by atoms with Gasteiger partial charge in [-0.05, 0) is 29.1 Å². The molecule has 1 aromatic carbocycles. The van der Waals surface area contributed by atoms with E-state index >= 15 is 0 Å². The van der Waals surface area contributed by atoms with Gasteiger partial charge in [0.05, 0.1) is 12.7 Å². The predicted octanol–water partition coefficient (Wildman–Crippen LogP) is 2.46. The van der Waals surface area contributed by atoms with Gasteiger partial charge in [0, 0.05) is 17.6 Å². The molecule has 0 atom stereocenters. The quantitative estimate of drug-likeness (QED) is 0.339. The molecule has 2 rings (SSSR count). The minimum Gasteiger partial charge on any atom is -0.496 e. The topological polar surface area (TPSA) is 79.9 Å². The van der Waals surface area contributed by atoms with E-state index in [0.29, 0.717) is 17.9 Å². The Kier molecular flexibility index (Phi) is 4.25. The highest BCUT2D eigenvalue weighted by atomic mass is 32.1. The molecule has 4 N–H and O–H groups in total. The molecule has 0 unspecified atom stereocenters. The molecule has 2 aromatic rings. The first-order valence-electron chi connectivity index (χ1n) is 5.65.